The van der Waals surface area contributed by atoms with Gasteiger partial charge in [-0.05, 0) is 26.8 Å². The van der Waals surface area contributed by atoms with E-state index >= 15 is 0 Å². The number of rotatable bonds is 4. The van der Waals surface area contributed by atoms with Crippen molar-refractivity contribution in [1.82, 2.24) is 19.8 Å². The Morgan fingerprint density at radius 2 is 1.96 bits per heavy atom. The van der Waals surface area contributed by atoms with Gasteiger partial charge < -0.3 is 14.5 Å². The van der Waals surface area contributed by atoms with Crippen LogP contribution in [0.15, 0.2) is 12.4 Å². The van der Waals surface area contributed by atoms with E-state index in [-0.39, 0.29) is 0 Å². The molecule has 0 unspecified atom stereocenters. The highest BCUT2D eigenvalue weighted by Crippen LogP contribution is 2.23. The van der Waals surface area contributed by atoms with E-state index in [2.05, 4.69) is 31.7 Å². The van der Waals surface area contributed by atoms with E-state index in [1.54, 1.807) is 6.33 Å². The Kier molecular flexibility index (Phi) is 5.67. The van der Waals surface area contributed by atoms with Gasteiger partial charge in [0.1, 0.15) is 12.1 Å². The topological polar surface area (TPSA) is 44.7 Å². The number of piperazine rings is 1. The summed E-state index contributed by atoms with van der Waals surface area (Å²) in [4.78, 5) is 16.2. The zero-order chi connectivity index (χ0) is 16.1. The molecule has 0 N–H and O–H groups in total. The Hall–Kier alpha value is -1.40. The SMILES string of the molecule is CCOc1cc(N2CCCC[C@H](N3CCN(C)CC3)C2)ncn1. The number of ether oxygens (including phenoxy) is 1. The summed E-state index contributed by atoms with van der Waals surface area (Å²) in [5.41, 5.74) is 0. The number of nitrogens with zero attached hydrogens (tertiary/aromatic N) is 5. The molecule has 6 nitrogen and oxygen atoms in total. The molecule has 0 saturated carbocycles. The summed E-state index contributed by atoms with van der Waals surface area (Å²) in [5.74, 6) is 1.68. The highest BCUT2D eigenvalue weighted by molar-refractivity contribution is 5.41. The van der Waals surface area contributed by atoms with Crippen molar-refractivity contribution in [2.75, 3.05) is 57.8 Å². The molecule has 2 saturated heterocycles. The lowest BCUT2D eigenvalue weighted by Crippen LogP contribution is -2.52. The zero-order valence-electron chi connectivity index (χ0n) is 14.4. The number of likely N-dealkylation sites (N-methyl/N-ethyl adjacent to an activating group) is 1. The van der Waals surface area contributed by atoms with Crippen LogP contribution in [0.3, 0.4) is 0 Å². The maximum Gasteiger partial charge on any atom is 0.218 e. The van der Waals surface area contributed by atoms with E-state index in [9.17, 15) is 0 Å². The molecule has 0 bridgehead atoms. The van der Waals surface area contributed by atoms with Crippen LogP contribution < -0.4 is 9.64 Å². The Labute approximate surface area is 139 Å². The van der Waals surface area contributed by atoms with Gasteiger partial charge in [-0.3, -0.25) is 4.90 Å². The van der Waals surface area contributed by atoms with Gasteiger partial charge in [0, 0.05) is 51.4 Å². The van der Waals surface area contributed by atoms with Crippen LogP contribution in [0.5, 0.6) is 5.88 Å². The summed E-state index contributed by atoms with van der Waals surface area (Å²) in [6.45, 7) is 9.49. The van der Waals surface area contributed by atoms with Crippen LogP contribution in [0.1, 0.15) is 26.2 Å². The average Bonchev–Trinajstić information content (AvgIpc) is 2.82. The van der Waals surface area contributed by atoms with Crippen molar-refractivity contribution in [2.45, 2.75) is 32.2 Å². The van der Waals surface area contributed by atoms with E-state index in [4.69, 9.17) is 4.74 Å². The van der Waals surface area contributed by atoms with Gasteiger partial charge in [-0.2, -0.15) is 0 Å². The first-order valence-electron chi connectivity index (χ1n) is 8.88. The molecular weight excluding hydrogens is 290 g/mol. The van der Waals surface area contributed by atoms with Gasteiger partial charge >= 0.3 is 0 Å². The predicted molar refractivity (Wildman–Crippen MR) is 92.1 cm³/mol. The Balaban J connectivity index is 1.68. The third-order valence-electron chi connectivity index (χ3n) is 4.94. The fraction of sp³-hybridized carbons (Fsp3) is 0.765. The quantitative estimate of drug-likeness (QED) is 0.838. The molecule has 3 rings (SSSR count). The monoisotopic (exact) mass is 319 g/mol. The van der Waals surface area contributed by atoms with Crippen LogP contribution in [0.25, 0.3) is 0 Å². The zero-order valence-corrected chi connectivity index (χ0v) is 14.4. The molecule has 128 valence electrons. The Morgan fingerprint density at radius 3 is 2.74 bits per heavy atom. The average molecular weight is 319 g/mol. The molecule has 2 aliphatic heterocycles. The summed E-state index contributed by atoms with van der Waals surface area (Å²) in [6.07, 6.45) is 5.45. The second-order valence-corrected chi connectivity index (χ2v) is 6.58. The van der Waals surface area contributed by atoms with Crippen LogP contribution >= 0.6 is 0 Å². The summed E-state index contributed by atoms with van der Waals surface area (Å²) < 4.78 is 5.53. The van der Waals surface area contributed by atoms with Gasteiger partial charge in [-0.25, -0.2) is 9.97 Å². The van der Waals surface area contributed by atoms with Gasteiger partial charge in [-0.15, -0.1) is 0 Å². The largest absolute Gasteiger partial charge is 0.478 e. The van der Waals surface area contributed by atoms with Crippen molar-refractivity contribution in [3.63, 3.8) is 0 Å². The molecule has 6 heteroatoms. The predicted octanol–water partition coefficient (Wildman–Crippen LogP) is 1.48. The minimum Gasteiger partial charge on any atom is -0.478 e. The minimum absolute atomic E-state index is 0.636. The van der Waals surface area contributed by atoms with Crippen molar-refractivity contribution in [3.8, 4) is 5.88 Å². The molecule has 0 amide bonds. The number of hydrogen-bond donors (Lipinski definition) is 0. The summed E-state index contributed by atoms with van der Waals surface area (Å²) in [6, 6.07) is 2.62. The molecule has 1 aromatic heterocycles. The molecule has 0 spiro atoms. The minimum atomic E-state index is 0.636. The maximum atomic E-state index is 5.53. The van der Waals surface area contributed by atoms with E-state index in [0.29, 0.717) is 18.5 Å². The third kappa shape index (κ3) is 4.32. The van der Waals surface area contributed by atoms with Gasteiger partial charge in [0.25, 0.3) is 0 Å². The Morgan fingerprint density at radius 1 is 1.13 bits per heavy atom. The first-order chi connectivity index (χ1) is 11.3. The lowest BCUT2D eigenvalue weighted by molar-refractivity contribution is 0.110. The summed E-state index contributed by atoms with van der Waals surface area (Å²) >= 11 is 0. The molecule has 0 aromatic carbocycles. The molecule has 2 aliphatic rings. The fourth-order valence-corrected chi connectivity index (χ4v) is 3.54. The smallest absolute Gasteiger partial charge is 0.218 e. The first-order valence-corrected chi connectivity index (χ1v) is 8.88. The van der Waals surface area contributed by atoms with Crippen molar-refractivity contribution in [1.29, 1.82) is 0 Å². The second-order valence-electron chi connectivity index (χ2n) is 6.58. The molecule has 2 fully saturated rings. The standard InChI is InChI=1S/C17H29N5O/c1-3-23-17-12-16(18-14-19-17)22-7-5-4-6-15(13-22)21-10-8-20(2)9-11-21/h12,14-15H,3-11,13H2,1-2H3/t15-/m0/s1. The summed E-state index contributed by atoms with van der Waals surface area (Å²) in [5, 5.41) is 0. The molecule has 23 heavy (non-hydrogen) atoms. The fourth-order valence-electron chi connectivity index (χ4n) is 3.54. The lowest BCUT2D eigenvalue weighted by Gasteiger charge is -2.39. The molecule has 1 atom stereocenters. The highest BCUT2D eigenvalue weighted by Gasteiger charge is 2.26. The molecule has 1 aromatic rings. The second kappa shape index (κ2) is 7.93. The van der Waals surface area contributed by atoms with Gasteiger partial charge in [0.2, 0.25) is 5.88 Å². The van der Waals surface area contributed by atoms with E-state index in [1.165, 1.54) is 45.4 Å². The van der Waals surface area contributed by atoms with Crippen molar-refractivity contribution >= 4 is 5.82 Å². The highest BCUT2D eigenvalue weighted by atomic mass is 16.5. The van der Waals surface area contributed by atoms with E-state index < -0.39 is 0 Å². The number of aromatic nitrogens is 2. The number of hydrogen-bond acceptors (Lipinski definition) is 6. The molecule has 0 aliphatic carbocycles. The Bertz CT molecular complexity index is 490. The number of anilines is 1. The first kappa shape index (κ1) is 16.5. The van der Waals surface area contributed by atoms with Crippen LogP contribution in [-0.4, -0.2) is 78.7 Å². The van der Waals surface area contributed by atoms with Gasteiger partial charge in [-0.1, -0.05) is 6.42 Å². The van der Waals surface area contributed by atoms with Crippen LogP contribution in [0, 0.1) is 0 Å². The van der Waals surface area contributed by atoms with Crippen molar-refractivity contribution in [2.24, 2.45) is 0 Å². The van der Waals surface area contributed by atoms with Gasteiger partial charge in [0.15, 0.2) is 0 Å². The van der Waals surface area contributed by atoms with Crippen LogP contribution in [-0.2, 0) is 0 Å². The van der Waals surface area contributed by atoms with Gasteiger partial charge in [0.05, 0.1) is 6.61 Å². The lowest BCUT2D eigenvalue weighted by atomic mass is 10.1. The maximum absolute atomic E-state index is 5.53. The van der Waals surface area contributed by atoms with E-state index in [1.807, 2.05) is 13.0 Å². The molecular formula is C17H29N5O. The van der Waals surface area contributed by atoms with Crippen LogP contribution in [0.2, 0.25) is 0 Å². The van der Waals surface area contributed by atoms with E-state index in [0.717, 1.165) is 18.9 Å². The molecule has 0 radical (unpaired) electrons. The third-order valence-corrected chi connectivity index (χ3v) is 4.94. The van der Waals surface area contributed by atoms with Crippen LogP contribution in [0.4, 0.5) is 5.82 Å². The normalized spacial score (nSPS) is 24.4. The summed E-state index contributed by atoms with van der Waals surface area (Å²) in [7, 11) is 2.22. The van der Waals surface area contributed by atoms with Crippen molar-refractivity contribution in [3.05, 3.63) is 12.4 Å². The van der Waals surface area contributed by atoms with Crippen molar-refractivity contribution < 1.29 is 4.74 Å². The molecule has 3 heterocycles.